The molecule has 0 radical (unpaired) electrons. The summed E-state index contributed by atoms with van der Waals surface area (Å²) in [4.78, 5) is 24.5. The van der Waals surface area contributed by atoms with E-state index in [0.717, 1.165) is 18.4 Å². The molecule has 1 aromatic carbocycles. The molecule has 0 aliphatic carbocycles. The average molecular weight is 388 g/mol. The molecule has 0 aliphatic heterocycles. The van der Waals surface area contributed by atoms with Crippen molar-refractivity contribution < 1.29 is 19.1 Å². The highest BCUT2D eigenvalue weighted by Gasteiger charge is 2.24. The lowest BCUT2D eigenvalue weighted by Gasteiger charge is -2.22. The maximum Gasteiger partial charge on any atom is 0.408 e. The number of hydrogen-bond donors (Lipinski definition) is 1. The van der Waals surface area contributed by atoms with Crippen LogP contribution in [0, 0.1) is 0 Å². The summed E-state index contributed by atoms with van der Waals surface area (Å²) in [6.07, 6.45) is 7.78. The summed E-state index contributed by atoms with van der Waals surface area (Å²) in [5, 5.41) is 2.60. The van der Waals surface area contributed by atoms with Crippen molar-refractivity contribution in [3.63, 3.8) is 0 Å². The first kappa shape index (κ1) is 23.5. The second kappa shape index (κ2) is 12.8. The Bertz CT molecular complexity index is 655. The van der Waals surface area contributed by atoms with Crippen LogP contribution in [-0.4, -0.2) is 23.7 Å². The van der Waals surface area contributed by atoms with Gasteiger partial charge < -0.3 is 14.8 Å². The number of rotatable bonds is 10. The van der Waals surface area contributed by atoms with Gasteiger partial charge in [-0.15, -0.1) is 5.73 Å². The standard InChI is InChI=1S/C23H33NO4/c1-5-6-7-8-9-10-14-17-20(24-22(26)28-23(2,3)4)21(25)27-18-19-15-12-11-13-16-19/h9,11-16,20H,5-8,17-18H2,1-4H3,(H,24,26)/t10?,20-/m0/s1. The van der Waals surface area contributed by atoms with E-state index in [1.807, 2.05) is 36.4 Å². The minimum Gasteiger partial charge on any atom is -0.459 e. The lowest BCUT2D eigenvalue weighted by molar-refractivity contribution is -0.147. The highest BCUT2D eigenvalue weighted by Crippen LogP contribution is 2.09. The number of ether oxygens (including phenoxy) is 2. The first-order valence-corrected chi connectivity index (χ1v) is 9.91. The normalized spacial score (nSPS) is 11.7. The third-order valence-electron chi connectivity index (χ3n) is 3.74. The molecule has 0 spiro atoms. The Balaban J connectivity index is 2.66. The maximum absolute atomic E-state index is 12.5. The third-order valence-corrected chi connectivity index (χ3v) is 3.74. The molecule has 28 heavy (non-hydrogen) atoms. The zero-order chi connectivity index (χ0) is 20.8. The molecule has 154 valence electrons. The number of unbranched alkanes of at least 4 members (excludes halogenated alkanes) is 3. The Kier molecular flexibility index (Phi) is 10.7. The Morgan fingerprint density at radius 3 is 2.50 bits per heavy atom. The van der Waals surface area contributed by atoms with Crippen molar-refractivity contribution in [3.05, 3.63) is 53.8 Å². The van der Waals surface area contributed by atoms with Gasteiger partial charge in [-0.25, -0.2) is 9.59 Å². The van der Waals surface area contributed by atoms with E-state index in [1.54, 1.807) is 26.8 Å². The lowest BCUT2D eigenvalue weighted by atomic mass is 10.2. The minimum atomic E-state index is -0.824. The largest absolute Gasteiger partial charge is 0.459 e. The van der Waals surface area contributed by atoms with E-state index in [9.17, 15) is 9.59 Å². The third kappa shape index (κ3) is 11.2. The molecule has 0 saturated carbocycles. The van der Waals surface area contributed by atoms with Gasteiger partial charge in [0.05, 0.1) is 0 Å². The molecule has 0 aliphatic rings. The Morgan fingerprint density at radius 2 is 1.86 bits per heavy atom. The Hall–Kier alpha value is -2.52. The molecule has 0 unspecified atom stereocenters. The fraction of sp³-hybridized carbons (Fsp3) is 0.522. The van der Waals surface area contributed by atoms with Crippen molar-refractivity contribution in [1.29, 1.82) is 0 Å². The molecule has 1 aromatic rings. The second-order valence-electron chi connectivity index (χ2n) is 7.60. The van der Waals surface area contributed by atoms with Crippen LogP contribution in [0.25, 0.3) is 0 Å². The molecule has 5 heteroatoms. The zero-order valence-corrected chi connectivity index (χ0v) is 17.5. The van der Waals surface area contributed by atoms with Crippen LogP contribution in [0.2, 0.25) is 0 Å². The van der Waals surface area contributed by atoms with Gasteiger partial charge in [0.15, 0.2) is 0 Å². The quantitative estimate of drug-likeness (QED) is 0.336. The molecule has 1 N–H and O–H groups in total. The van der Waals surface area contributed by atoms with Gasteiger partial charge in [-0.1, -0.05) is 50.1 Å². The fourth-order valence-corrected chi connectivity index (χ4v) is 2.34. The Morgan fingerprint density at radius 1 is 1.14 bits per heavy atom. The van der Waals surface area contributed by atoms with E-state index in [2.05, 4.69) is 18.0 Å². The molecule has 1 atom stereocenters. The number of nitrogens with one attached hydrogen (secondary N) is 1. The molecule has 5 nitrogen and oxygen atoms in total. The lowest BCUT2D eigenvalue weighted by Crippen LogP contribution is -2.44. The van der Waals surface area contributed by atoms with E-state index < -0.39 is 23.7 Å². The summed E-state index contributed by atoms with van der Waals surface area (Å²) in [6.45, 7) is 7.63. The van der Waals surface area contributed by atoms with Crippen molar-refractivity contribution in [1.82, 2.24) is 5.32 Å². The van der Waals surface area contributed by atoms with Crippen LogP contribution in [0.5, 0.6) is 0 Å². The molecule has 0 aromatic heterocycles. The monoisotopic (exact) mass is 387 g/mol. The number of alkyl carbamates (subject to hydrolysis) is 1. The van der Waals surface area contributed by atoms with Gasteiger partial charge in [0.1, 0.15) is 18.2 Å². The van der Waals surface area contributed by atoms with Gasteiger partial charge in [0.25, 0.3) is 0 Å². The number of carbonyl (C=O) groups is 2. The molecular weight excluding hydrogens is 354 g/mol. The summed E-state index contributed by atoms with van der Waals surface area (Å²) in [7, 11) is 0. The van der Waals surface area contributed by atoms with Gasteiger partial charge in [-0.3, -0.25) is 0 Å². The molecular formula is C23H33NO4. The first-order valence-electron chi connectivity index (χ1n) is 9.91. The molecule has 0 saturated heterocycles. The minimum absolute atomic E-state index is 0.155. The number of carbonyl (C=O) groups excluding carboxylic acids is 2. The van der Waals surface area contributed by atoms with E-state index in [0.29, 0.717) is 0 Å². The van der Waals surface area contributed by atoms with E-state index in [4.69, 9.17) is 9.47 Å². The van der Waals surface area contributed by atoms with Crippen molar-refractivity contribution in [3.8, 4) is 0 Å². The van der Waals surface area contributed by atoms with Crippen LogP contribution in [0.15, 0.2) is 48.2 Å². The highest BCUT2D eigenvalue weighted by atomic mass is 16.6. The van der Waals surface area contributed by atoms with Crippen molar-refractivity contribution in [2.75, 3.05) is 0 Å². The van der Waals surface area contributed by atoms with Crippen LogP contribution in [0.1, 0.15) is 65.4 Å². The SMILES string of the molecule is CCCCCC=C=CC[C@H](NC(=O)OC(C)(C)C)C(=O)OCc1ccccc1. The molecule has 1 rings (SSSR count). The van der Waals surface area contributed by atoms with Crippen LogP contribution in [0.3, 0.4) is 0 Å². The van der Waals surface area contributed by atoms with E-state index in [1.165, 1.54) is 12.8 Å². The Labute approximate surface area is 168 Å². The summed E-state index contributed by atoms with van der Waals surface area (Å²) in [6, 6.07) is 8.59. The first-order chi connectivity index (χ1) is 13.3. The zero-order valence-electron chi connectivity index (χ0n) is 17.5. The van der Waals surface area contributed by atoms with Crippen LogP contribution >= 0.6 is 0 Å². The smallest absolute Gasteiger partial charge is 0.408 e. The van der Waals surface area contributed by atoms with E-state index >= 15 is 0 Å². The van der Waals surface area contributed by atoms with E-state index in [-0.39, 0.29) is 13.0 Å². The topological polar surface area (TPSA) is 64.6 Å². The van der Waals surface area contributed by atoms with Crippen molar-refractivity contribution >= 4 is 12.1 Å². The van der Waals surface area contributed by atoms with Crippen LogP contribution in [-0.2, 0) is 20.9 Å². The molecule has 0 bridgehead atoms. The molecule has 0 fully saturated rings. The van der Waals surface area contributed by atoms with Crippen LogP contribution < -0.4 is 5.32 Å². The van der Waals surface area contributed by atoms with Gasteiger partial charge in [-0.2, -0.15) is 0 Å². The predicted octanol–water partition coefficient (Wildman–Crippen LogP) is 5.30. The van der Waals surface area contributed by atoms with Crippen molar-refractivity contribution in [2.45, 2.75) is 78.0 Å². The van der Waals surface area contributed by atoms with Gasteiger partial charge in [-0.05, 0) is 51.3 Å². The average Bonchev–Trinajstić information content (AvgIpc) is 2.63. The van der Waals surface area contributed by atoms with Gasteiger partial charge in [0, 0.05) is 6.42 Å². The number of amides is 1. The summed E-state index contributed by atoms with van der Waals surface area (Å²) < 4.78 is 10.6. The summed E-state index contributed by atoms with van der Waals surface area (Å²) in [5.74, 6) is -0.501. The summed E-state index contributed by atoms with van der Waals surface area (Å²) >= 11 is 0. The number of hydrogen-bond acceptors (Lipinski definition) is 4. The fourth-order valence-electron chi connectivity index (χ4n) is 2.34. The van der Waals surface area contributed by atoms with Gasteiger partial charge in [0.2, 0.25) is 0 Å². The summed E-state index contributed by atoms with van der Waals surface area (Å²) in [5.41, 5.74) is 3.32. The van der Waals surface area contributed by atoms with Crippen molar-refractivity contribution in [2.24, 2.45) is 0 Å². The number of benzene rings is 1. The number of esters is 1. The molecule has 0 heterocycles. The second-order valence-corrected chi connectivity index (χ2v) is 7.60. The van der Waals surface area contributed by atoms with Crippen LogP contribution in [0.4, 0.5) is 4.79 Å². The van der Waals surface area contributed by atoms with Gasteiger partial charge >= 0.3 is 12.1 Å². The molecule has 1 amide bonds. The maximum atomic E-state index is 12.5. The highest BCUT2D eigenvalue weighted by molar-refractivity contribution is 5.81. The predicted molar refractivity (Wildman–Crippen MR) is 111 cm³/mol.